The Labute approximate surface area is 119 Å². The summed E-state index contributed by atoms with van der Waals surface area (Å²) >= 11 is 0. The number of hydrogen-bond donors (Lipinski definition) is 1. The predicted octanol–water partition coefficient (Wildman–Crippen LogP) is 4.07. The molecule has 1 aromatic rings. The lowest BCUT2D eigenvalue weighted by molar-refractivity contribution is -0.140. The first-order valence-electron chi connectivity index (χ1n) is 6.17. The lowest BCUT2D eigenvalue weighted by atomic mass is 10.1. The van der Waals surface area contributed by atoms with Crippen LogP contribution in [-0.2, 0) is 19.8 Å². The number of halogens is 4. The molecule has 0 bridgehead atoms. The van der Waals surface area contributed by atoms with Crippen molar-refractivity contribution in [2.75, 3.05) is 13.2 Å². The van der Waals surface area contributed by atoms with E-state index in [0.717, 1.165) is 12.1 Å². The molecular weight excluding hydrogens is 313 g/mol. The number of alkyl halides is 3. The van der Waals surface area contributed by atoms with Gasteiger partial charge in [0.1, 0.15) is 11.6 Å². The molecule has 0 aromatic heterocycles. The quantitative estimate of drug-likeness (QED) is 0.631. The van der Waals surface area contributed by atoms with Gasteiger partial charge in [0.25, 0.3) is 0 Å². The molecule has 0 aliphatic rings. The second-order valence-electron chi connectivity index (χ2n) is 4.03. The largest absolute Gasteiger partial charge is 0.419 e. The van der Waals surface area contributed by atoms with Crippen molar-refractivity contribution in [3.8, 4) is 0 Å². The van der Waals surface area contributed by atoms with Gasteiger partial charge in [0.2, 0.25) is 0 Å². The van der Waals surface area contributed by atoms with E-state index < -0.39 is 36.5 Å². The third kappa shape index (κ3) is 4.03. The highest BCUT2D eigenvalue weighted by molar-refractivity contribution is 7.54. The van der Waals surface area contributed by atoms with Crippen molar-refractivity contribution in [3.63, 3.8) is 0 Å². The molecule has 0 saturated carbocycles. The Kier molecular flexibility index (Phi) is 5.92. The zero-order chi connectivity index (χ0) is 16.3. The maximum absolute atomic E-state index is 14.0. The van der Waals surface area contributed by atoms with Gasteiger partial charge in [-0.05, 0) is 19.9 Å². The summed E-state index contributed by atoms with van der Waals surface area (Å²) in [4.78, 5) is 0. The molecular formula is C12H16F4NO3P. The van der Waals surface area contributed by atoms with Crippen LogP contribution in [0.4, 0.5) is 17.6 Å². The summed E-state index contributed by atoms with van der Waals surface area (Å²) in [7, 11) is -3.96. The predicted molar refractivity (Wildman–Crippen MR) is 69.2 cm³/mol. The van der Waals surface area contributed by atoms with Crippen molar-refractivity contribution in [2.45, 2.75) is 25.8 Å². The van der Waals surface area contributed by atoms with Gasteiger partial charge in [-0.2, -0.15) is 13.2 Å². The maximum atomic E-state index is 14.0. The third-order valence-corrected chi connectivity index (χ3v) is 4.81. The van der Waals surface area contributed by atoms with Crippen LogP contribution in [0.15, 0.2) is 18.2 Å². The minimum atomic E-state index is -4.87. The van der Waals surface area contributed by atoms with Gasteiger partial charge < -0.3 is 14.8 Å². The molecule has 4 nitrogen and oxygen atoms in total. The third-order valence-electron chi connectivity index (χ3n) is 2.61. The van der Waals surface area contributed by atoms with E-state index in [1.54, 1.807) is 0 Å². The first-order valence-corrected chi connectivity index (χ1v) is 7.78. The molecule has 120 valence electrons. The summed E-state index contributed by atoms with van der Waals surface area (Å²) in [6.45, 7) is 2.96. The topological polar surface area (TPSA) is 61.5 Å². The van der Waals surface area contributed by atoms with Crippen LogP contribution in [0, 0.1) is 5.82 Å². The Morgan fingerprint density at radius 3 is 2.19 bits per heavy atom. The molecule has 0 spiro atoms. The summed E-state index contributed by atoms with van der Waals surface area (Å²) in [6.07, 6.45) is -4.87. The standard InChI is InChI=1S/C12H16F4NO3P/c1-3-19-21(18,20-4-2)11(17)8-6-5-7-9(10(8)13)12(14,15)16/h5-7,11H,3-4,17H2,1-2H3/t11-/m1/s1. The van der Waals surface area contributed by atoms with Gasteiger partial charge in [-0.15, -0.1) is 0 Å². The molecule has 1 atom stereocenters. The molecule has 1 aromatic carbocycles. The van der Waals surface area contributed by atoms with Crippen LogP contribution in [-0.4, -0.2) is 13.2 Å². The van der Waals surface area contributed by atoms with Crippen molar-refractivity contribution in [1.29, 1.82) is 0 Å². The zero-order valence-electron chi connectivity index (χ0n) is 11.5. The summed E-state index contributed by atoms with van der Waals surface area (Å²) < 4.78 is 74.3. The van der Waals surface area contributed by atoms with Crippen molar-refractivity contribution in [3.05, 3.63) is 35.1 Å². The van der Waals surface area contributed by atoms with Crippen LogP contribution < -0.4 is 5.73 Å². The van der Waals surface area contributed by atoms with Gasteiger partial charge in [-0.1, -0.05) is 12.1 Å². The van der Waals surface area contributed by atoms with Crippen LogP contribution in [0.5, 0.6) is 0 Å². The molecule has 0 radical (unpaired) electrons. The first-order chi connectivity index (χ1) is 9.67. The van der Waals surface area contributed by atoms with E-state index in [0.29, 0.717) is 6.07 Å². The minimum Gasteiger partial charge on any atom is -0.314 e. The molecule has 0 amide bonds. The summed E-state index contributed by atoms with van der Waals surface area (Å²) in [5, 5.41) is 0. The molecule has 0 aliphatic carbocycles. The lowest BCUT2D eigenvalue weighted by Gasteiger charge is -2.24. The van der Waals surface area contributed by atoms with Gasteiger partial charge in [-0.3, -0.25) is 4.57 Å². The van der Waals surface area contributed by atoms with Crippen LogP contribution in [0.3, 0.4) is 0 Å². The highest BCUT2D eigenvalue weighted by atomic mass is 31.2. The molecule has 0 fully saturated rings. The second-order valence-corrected chi connectivity index (χ2v) is 6.18. The highest BCUT2D eigenvalue weighted by Gasteiger charge is 2.40. The van der Waals surface area contributed by atoms with Crippen molar-refractivity contribution < 1.29 is 31.2 Å². The Morgan fingerprint density at radius 1 is 1.24 bits per heavy atom. The number of rotatable bonds is 6. The van der Waals surface area contributed by atoms with Gasteiger partial charge in [0, 0.05) is 5.56 Å². The summed E-state index contributed by atoms with van der Waals surface area (Å²) in [6, 6.07) is 2.60. The fourth-order valence-corrected chi connectivity index (χ4v) is 3.38. The van der Waals surface area contributed by atoms with Crippen molar-refractivity contribution >= 4 is 7.60 Å². The van der Waals surface area contributed by atoms with E-state index in [-0.39, 0.29) is 13.2 Å². The van der Waals surface area contributed by atoms with Gasteiger partial charge in [0.15, 0.2) is 0 Å². The monoisotopic (exact) mass is 329 g/mol. The summed E-state index contributed by atoms with van der Waals surface area (Å²) in [5.74, 6) is -3.21. The van der Waals surface area contributed by atoms with Crippen LogP contribution in [0.1, 0.15) is 30.8 Å². The average Bonchev–Trinajstić information content (AvgIpc) is 2.37. The van der Waals surface area contributed by atoms with E-state index in [9.17, 15) is 22.1 Å². The van der Waals surface area contributed by atoms with Gasteiger partial charge in [-0.25, -0.2) is 4.39 Å². The molecule has 0 unspecified atom stereocenters. The van der Waals surface area contributed by atoms with Crippen molar-refractivity contribution in [1.82, 2.24) is 0 Å². The number of hydrogen-bond acceptors (Lipinski definition) is 4. The van der Waals surface area contributed by atoms with E-state index in [4.69, 9.17) is 14.8 Å². The Bertz CT molecular complexity index is 526. The van der Waals surface area contributed by atoms with Crippen LogP contribution in [0.2, 0.25) is 0 Å². The minimum absolute atomic E-state index is 0.0362. The maximum Gasteiger partial charge on any atom is 0.419 e. The molecule has 21 heavy (non-hydrogen) atoms. The highest BCUT2D eigenvalue weighted by Crippen LogP contribution is 2.58. The SMILES string of the molecule is CCOP(=O)(OCC)[C@@H](N)c1cccc(C(F)(F)F)c1F. The van der Waals surface area contributed by atoms with E-state index in [2.05, 4.69) is 0 Å². The van der Waals surface area contributed by atoms with Gasteiger partial charge in [0.05, 0.1) is 18.8 Å². The van der Waals surface area contributed by atoms with Crippen molar-refractivity contribution in [2.24, 2.45) is 5.73 Å². The average molecular weight is 329 g/mol. The lowest BCUT2D eigenvalue weighted by Crippen LogP contribution is -2.19. The number of nitrogens with two attached hydrogens (primary N) is 1. The summed E-state index contributed by atoms with van der Waals surface area (Å²) in [5.41, 5.74) is 3.60. The van der Waals surface area contributed by atoms with Crippen LogP contribution in [0.25, 0.3) is 0 Å². The Morgan fingerprint density at radius 2 is 1.76 bits per heavy atom. The number of benzene rings is 1. The molecule has 0 heterocycles. The smallest absolute Gasteiger partial charge is 0.314 e. The zero-order valence-corrected chi connectivity index (χ0v) is 12.4. The Hall–Kier alpha value is -0.950. The first kappa shape index (κ1) is 18.1. The molecule has 0 saturated heterocycles. The van der Waals surface area contributed by atoms with E-state index in [1.807, 2.05) is 0 Å². The normalized spacial score (nSPS) is 14.2. The molecule has 1 rings (SSSR count). The second kappa shape index (κ2) is 6.87. The van der Waals surface area contributed by atoms with E-state index in [1.165, 1.54) is 13.8 Å². The van der Waals surface area contributed by atoms with Gasteiger partial charge >= 0.3 is 13.8 Å². The molecule has 9 heteroatoms. The fourth-order valence-electron chi connectivity index (χ4n) is 1.73. The fraction of sp³-hybridized carbons (Fsp3) is 0.500. The molecule has 2 N–H and O–H groups in total. The van der Waals surface area contributed by atoms with Crippen LogP contribution >= 0.6 is 7.60 Å². The molecule has 0 aliphatic heterocycles. The Balaban J connectivity index is 3.29. The van der Waals surface area contributed by atoms with E-state index >= 15 is 0 Å².